The van der Waals surface area contributed by atoms with Gasteiger partial charge >= 0.3 is 6.03 Å². The third-order valence-electron chi connectivity index (χ3n) is 5.22. The molecule has 0 spiro atoms. The predicted molar refractivity (Wildman–Crippen MR) is 96.3 cm³/mol. The maximum atomic E-state index is 12.4. The summed E-state index contributed by atoms with van der Waals surface area (Å²) in [5.41, 5.74) is 1.28. The molecule has 2 aliphatic heterocycles. The van der Waals surface area contributed by atoms with Gasteiger partial charge in [0.05, 0.1) is 0 Å². The molecule has 0 aromatic carbocycles. The first-order valence-electron chi connectivity index (χ1n) is 8.99. The van der Waals surface area contributed by atoms with E-state index < -0.39 is 0 Å². The largest absolute Gasteiger partial charge is 0.340 e. The van der Waals surface area contributed by atoms with Crippen molar-refractivity contribution in [3.05, 3.63) is 22.4 Å². The van der Waals surface area contributed by atoms with E-state index in [1.54, 1.807) is 11.3 Å². The van der Waals surface area contributed by atoms with Crippen LogP contribution in [0, 0.1) is 0 Å². The molecule has 0 bridgehead atoms. The van der Waals surface area contributed by atoms with Gasteiger partial charge in [0, 0.05) is 38.6 Å². The lowest BCUT2D eigenvalue weighted by Gasteiger charge is -2.40. The summed E-state index contributed by atoms with van der Waals surface area (Å²) in [7, 11) is 0. The summed E-state index contributed by atoms with van der Waals surface area (Å²) >= 11 is 1.69. The molecule has 24 heavy (non-hydrogen) atoms. The fourth-order valence-corrected chi connectivity index (χ4v) is 4.40. The Morgan fingerprint density at radius 2 is 2.12 bits per heavy atom. The smallest absolute Gasteiger partial charge is 0.317 e. The minimum Gasteiger partial charge on any atom is -0.340 e. The van der Waals surface area contributed by atoms with E-state index in [0.717, 1.165) is 45.3 Å². The van der Waals surface area contributed by atoms with E-state index in [9.17, 15) is 9.59 Å². The monoisotopic (exact) mass is 349 g/mol. The van der Waals surface area contributed by atoms with Crippen molar-refractivity contribution >= 4 is 23.3 Å². The van der Waals surface area contributed by atoms with E-state index in [2.05, 4.69) is 34.0 Å². The molecule has 132 valence electrons. The first kappa shape index (κ1) is 17.3. The van der Waals surface area contributed by atoms with Crippen LogP contribution >= 0.6 is 11.3 Å². The van der Waals surface area contributed by atoms with Crippen LogP contribution in [-0.2, 0) is 4.79 Å². The molecule has 6 heteroatoms. The van der Waals surface area contributed by atoms with Crippen molar-refractivity contribution in [3.63, 3.8) is 0 Å². The Morgan fingerprint density at radius 1 is 1.33 bits per heavy atom. The molecule has 1 aromatic heterocycles. The van der Waals surface area contributed by atoms with Crippen LogP contribution in [0.1, 0.15) is 50.5 Å². The Balaban J connectivity index is 1.42. The average Bonchev–Trinajstić information content (AvgIpc) is 3.15. The zero-order valence-corrected chi connectivity index (χ0v) is 15.2. The number of carbonyl (C=O) groups is 2. The summed E-state index contributed by atoms with van der Waals surface area (Å²) in [6, 6.07) is 2.47. The van der Waals surface area contributed by atoms with Crippen LogP contribution in [0.5, 0.6) is 0 Å². The van der Waals surface area contributed by atoms with Gasteiger partial charge in [0.15, 0.2) is 0 Å². The third-order valence-corrected chi connectivity index (χ3v) is 5.93. The molecule has 5 nitrogen and oxygen atoms in total. The predicted octanol–water partition coefficient (Wildman–Crippen LogP) is 3.04. The van der Waals surface area contributed by atoms with Crippen molar-refractivity contribution in [1.29, 1.82) is 0 Å². The molecule has 2 saturated heterocycles. The molecule has 0 aliphatic carbocycles. The lowest BCUT2D eigenvalue weighted by Crippen LogP contribution is -2.52. The second-order valence-corrected chi connectivity index (χ2v) is 7.69. The molecular formula is C18H27N3O2S. The number of piperidine rings is 2. The van der Waals surface area contributed by atoms with Crippen LogP contribution in [0.4, 0.5) is 4.79 Å². The van der Waals surface area contributed by atoms with Crippen molar-refractivity contribution in [2.75, 3.05) is 26.2 Å². The molecule has 0 radical (unpaired) electrons. The maximum absolute atomic E-state index is 12.4. The van der Waals surface area contributed by atoms with Gasteiger partial charge in [-0.25, -0.2) is 4.79 Å². The highest BCUT2D eigenvalue weighted by Crippen LogP contribution is 2.22. The zero-order valence-electron chi connectivity index (χ0n) is 14.4. The van der Waals surface area contributed by atoms with Crippen LogP contribution < -0.4 is 5.32 Å². The molecule has 3 rings (SSSR count). The fourth-order valence-electron chi connectivity index (χ4n) is 3.62. The second-order valence-electron chi connectivity index (χ2n) is 6.91. The van der Waals surface area contributed by atoms with Crippen LogP contribution in [-0.4, -0.2) is 54.0 Å². The Labute approximate surface area is 148 Å². The lowest BCUT2D eigenvalue weighted by molar-refractivity contribution is -0.136. The summed E-state index contributed by atoms with van der Waals surface area (Å²) in [4.78, 5) is 28.3. The summed E-state index contributed by atoms with van der Waals surface area (Å²) < 4.78 is 0. The Kier molecular flexibility index (Phi) is 5.76. The first-order chi connectivity index (χ1) is 11.6. The molecule has 2 aliphatic rings. The average molecular weight is 350 g/mol. The Hall–Kier alpha value is -1.56. The molecule has 0 unspecified atom stereocenters. The van der Waals surface area contributed by atoms with Crippen molar-refractivity contribution in [1.82, 2.24) is 15.1 Å². The van der Waals surface area contributed by atoms with Crippen molar-refractivity contribution < 1.29 is 9.59 Å². The number of nitrogens with zero attached hydrogens (tertiary/aromatic N) is 2. The number of likely N-dealkylation sites (tertiary alicyclic amines) is 2. The molecule has 0 saturated carbocycles. The van der Waals surface area contributed by atoms with Gasteiger partial charge < -0.3 is 15.1 Å². The van der Waals surface area contributed by atoms with E-state index in [0.29, 0.717) is 30.8 Å². The quantitative estimate of drug-likeness (QED) is 0.908. The number of urea groups is 1. The highest BCUT2D eigenvalue weighted by Gasteiger charge is 2.30. The Bertz CT molecular complexity index is 553. The Morgan fingerprint density at radius 3 is 2.79 bits per heavy atom. The van der Waals surface area contributed by atoms with Gasteiger partial charge in [0.1, 0.15) is 0 Å². The SMILES string of the molecule is C[C@@H](CNC(=O)N1CCC(N2CCCCC2=O)CC1)c1ccsc1. The van der Waals surface area contributed by atoms with Crippen LogP contribution in [0.25, 0.3) is 0 Å². The highest BCUT2D eigenvalue weighted by atomic mass is 32.1. The molecular weight excluding hydrogens is 322 g/mol. The van der Waals surface area contributed by atoms with Gasteiger partial charge in [-0.2, -0.15) is 11.3 Å². The number of thiophene rings is 1. The third kappa shape index (κ3) is 4.09. The number of rotatable bonds is 4. The van der Waals surface area contributed by atoms with Gasteiger partial charge in [-0.05, 0) is 54.0 Å². The van der Waals surface area contributed by atoms with E-state index >= 15 is 0 Å². The van der Waals surface area contributed by atoms with E-state index in [-0.39, 0.29) is 6.03 Å². The molecule has 2 fully saturated rings. The number of carbonyl (C=O) groups excluding carboxylic acids is 2. The van der Waals surface area contributed by atoms with Gasteiger partial charge in [-0.1, -0.05) is 6.92 Å². The van der Waals surface area contributed by atoms with Gasteiger partial charge in [-0.15, -0.1) is 0 Å². The first-order valence-corrected chi connectivity index (χ1v) is 9.94. The van der Waals surface area contributed by atoms with E-state index in [4.69, 9.17) is 0 Å². The molecule has 3 heterocycles. The van der Waals surface area contributed by atoms with Crippen molar-refractivity contribution in [2.45, 2.75) is 51.0 Å². The van der Waals surface area contributed by atoms with E-state index in [1.807, 2.05) is 4.90 Å². The second kappa shape index (κ2) is 8.01. The minimum atomic E-state index is 0.0282. The normalized spacial score (nSPS) is 21.0. The standard InChI is InChI=1S/C18H27N3O2S/c1-14(15-7-11-24-13-15)12-19-18(23)20-9-5-16(6-10-20)21-8-3-2-4-17(21)22/h7,11,13-14,16H,2-6,8-10,12H2,1H3,(H,19,23)/t14-/m0/s1. The van der Waals surface area contributed by atoms with Crippen molar-refractivity contribution in [2.24, 2.45) is 0 Å². The summed E-state index contributed by atoms with van der Waals surface area (Å²) in [6.07, 6.45) is 4.64. The van der Waals surface area contributed by atoms with Gasteiger partial charge in [0.25, 0.3) is 0 Å². The number of amides is 3. The zero-order chi connectivity index (χ0) is 16.9. The molecule has 1 atom stereocenters. The molecule has 1 aromatic rings. The van der Waals surface area contributed by atoms with Crippen LogP contribution in [0.3, 0.4) is 0 Å². The van der Waals surface area contributed by atoms with Crippen molar-refractivity contribution in [3.8, 4) is 0 Å². The summed E-state index contributed by atoms with van der Waals surface area (Å²) in [6.45, 7) is 5.19. The topological polar surface area (TPSA) is 52.7 Å². The number of hydrogen-bond acceptors (Lipinski definition) is 3. The maximum Gasteiger partial charge on any atom is 0.317 e. The van der Waals surface area contributed by atoms with Gasteiger partial charge in [-0.3, -0.25) is 4.79 Å². The lowest BCUT2D eigenvalue weighted by atomic mass is 9.99. The number of hydrogen-bond donors (Lipinski definition) is 1. The highest BCUT2D eigenvalue weighted by molar-refractivity contribution is 7.07. The fraction of sp³-hybridized carbons (Fsp3) is 0.667. The van der Waals surface area contributed by atoms with Gasteiger partial charge in [0.2, 0.25) is 5.91 Å². The molecule has 3 amide bonds. The van der Waals surface area contributed by atoms with E-state index in [1.165, 1.54) is 5.56 Å². The number of nitrogens with one attached hydrogen (secondary N) is 1. The molecule has 1 N–H and O–H groups in total. The minimum absolute atomic E-state index is 0.0282. The van der Waals surface area contributed by atoms with Crippen LogP contribution in [0.2, 0.25) is 0 Å². The van der Waals surface area contributed by atoms with Crippen LogP contribution in [0.15, 0.2) is 16.8 Å². The summed E-state index contributed by atoms with van der Waals surface area (Å²) in [5, 5.41) is 7.26. The summed E-state index contributed by atoms with van der Waals surface area (Å²) in [5.74, 6) is 0.637.